The van der Waals surface area contributed by atoms with Crippen molar-refractivity contribution in [3.63, 3.8) is 0 Å². The van der Waals surface area contributed by atoms with Gasteiger partial charge in [0.15, 0.2) is 5.69 Å². The van der Waals surface area contributed by atoms with Gasteiger partial charge in [-0.3, -0.25) is 19.3 Å². The fourth-order valence-electron chi connectivity index (χ4n) is 1.73. The van der Waals surface area contributed by atoms with E-state index >= 15 is 0 Å². The highest BCUT2D eigenvalue weighted by Gasteiger charge is 2.21. The average Bonchev–Trinajstić information content (AvgIpc) is 2.65. The van der Waals surface area contributed by atoms with Gasteiger partial charge in [-0.1, -0.05) is 11.6 Å². The van der Waals surface area contributed by atoms with Gasteiger partial charge in [0.05, 0.1) is 0 Å². The molecule has 2 N–H and O–H groups in total. The molecule has 0 spiro atoms. The first kappa shape index (κ1) is 17.9. The van der Waals surface area contributed by atoms with Crippen LogP contribution in [0.15, 0.2) is 10.1 Å². The van der Waals surface area contributed by atoms with Gasteiger partial charge in [0, 0.05) is 11.3 Å². The summed E-state index contributed by atoms with van der Waals surface area (Å²) in [6.45, 7) is 10.1. The summed E-state index contributed by atoms with van der Waals surface area (Å²) in [5.41, 5.74) is 5.63. The molecule has 1 aromatic rings. The van der Waals surface area contributed by atoms with Gasteiger partial charge in [-0.2, -0.15) is 5.10 Å². The average molecular weight is 327 g/mol. The summed E-state index contributed by atoms with van der Waals surface area (Å²) in [5.74, 6) is -1.21. The molecule has 0 unspecified atom stereocenters. The Morgan fingerprint density at radius 2 is 2.09 bits per heavy atom. The number of hydrogen-bond acceptors (Lipinski definition) is 5. The summed E-state index contributed by atoms with van der Waals surface area (Å²) in [5, 5.41) is 4.13. The van der Waals surface area contributed by atoms with Crippen molar-refractivity contribution in [2.45, 2.75) is 39.8 Å². The highest BCUT2D eigenvalue weighted by Crippen LogP contribution is 2.20. The first-order valence-electron chi connectivity index (χ1n) is 6.48. The number of esters is 1. The first-order chi connectivity index (χ1) is 10.0. The van der Waals surface area contributed by atoms with Crippen LogP contribution in [-0.4, -0.2) is 34.0 Å². The molecule has 1 amide bonds. The Hall–Kier alpha value is -2.15. The number of primary amides is 1. The molecule has 0 saturated heterocycles. The summed E-state index contributed by atoms with van der Waals surface area (Å²) in [4.78, 5) is 26.9. The molecule has 0 aliphatic rings. The Kier molecular flexibility index (Phi) is 5.48. The third-order valence-electron chi connectivity index (χ3n) is 2.60. The van der Waals surface area contributed by atoms with E-state index in [4.69, 9.17) is 22.1 Å². The van der Waals surface area contributed by atoms with E-state index in [1.165, 1.54) is 10.8 Å². The van der Waals surface area contributed by atoms with Crippen LogP contribution < -0.4 is 5.73 Å². The molecule has 0 saturated carbocycles. The van der Waals surface area contributed by atoms with Crippen LogP contribution in [0.3, 0.4) is 0 Å². The summed E-state index contributed by atoms with van der Waals surface area (Å²) in [7, 11) is 0. The number of ether oxygens (including phenoxy) is 1. The SMILES string of the molecule is C=N/C(Cl)=C\c1c(C(N)=O)nn(CC(=O)OC(C)(C)C)c1C. The number of amides is 1. The molecular weight excluding hydrogens is 308 g/mol. The molecule has 1 aromatic heterocycles. The number of aromatic nitrogens is 2. The second-order valence-corrected chi connectivity index (χ2v) is 5.97. The lowest BCUT2D eigenvalue weighted by molar-refractivity contribution is -0.155. The van der Waals surface area contributed by atoms with Crippen LogP contribution in [0.4, 0.5) is 0 Å². The van der Waals surface area contributed by atoms with E-state index in [2.05, 4.69) is 16.8 Å². The van der Waals surface area contributed by atoms with Crippen LogP contribution in [0, 0.1) is 6.92 Å². The number of hydrogen-bond donors (Lipinski definition) is 1. The standard InChI is InChI=1S/C14H19ClN4O3/c1-8-9(6-10(15)17-5)12(13(16)21)18-19(8)7-11(20)22-14(2,3)4/h6H,5,7H2,1-4H3,(H2,16,21)/b10-6-. The van der Waals surface area contributed by atoms with Gasteiger partial charge in [-0.15, -0.1) is 0 Å². The molecule has 0 aliphatic heterocycles. The summed E-state index contributed by atoms with van der Waals surface area (Å²) in [6, 6.07) is 0. The van der Waals surface area contributed by atoms with E-state index in [9.17, 15) is 9.59 Å². The Morgan fingerprint density at radius 3 is 2.55 bits per heavy atom. The zero-order valence-corrected chi connectivity index (χ0v) is 13.8. The lowest BCUT2D eigenvalue weighted by atomic mass is 10.2. The molecule has 0 aromatic carbocycles. The molecular formula is C14H19ClN4O3. The van der Waals surface area contributed by atoms with Crippen molar-refractivity contribution >= 4 is 36.3 Å². The fraction of sp³-hybridized carbons (Fsp3) is 0.429. The van der Waals surface area contributed by atoms with Gasteiger partial charge in [0.25, 0.3) is 5.91 Å². The topological polar surface area (TPSA) is 99.6 Å². The molecule has 8 heteroatoms. The van der Waals surface area contributed by atoms with Crippen molar-refractivity contribution < 1.29 is 14.3 Å². The van der Waals surface area contributed by atoms with Crippen LogP contribution in [0.1, 0.15) is 42.5 Å². The Bertz CT molecular complexity index is 641. The zero-order valence-electron chi connectivity index (χ0n) is 13.0. The number of aliphatic imine (C=N–C) groups is 1. The van der Waals surface area contributed by atoms with Crippen LogP contribution in [0.5, 0.6) is 0 Å². The summed E-state index contributed by atoms with van der Waals surface area (Å²) >= 11 is 5.80. The largest absolute Gasteiger partial charge is 0.459 e. The van der Waals surface area contributed by atoms with E-state index in [1.54, 1.807) is 27.7 Å². The fourth-order valence-corrected chi connectivity index (χ4v) is 1.84. The minimum Gasteiger partial charge on any atom is -0.459 e. The van der Waals surface area contributed by atoms with Gasteiger partial charge in [-0.05, 0) is 40.5 Å². The third-order valence-corrected chi connectivity index (χ3v) is 2.83. The van der Waals surface area contributed by atoms with Crippen molar-refractivity contribution in [3.05, 3.63) is 22.1 Å². The number of nitrogens with zero attached hydrogens (tertiary/aromatic N) is 3. The maximum atomic E-state index is 11.9. The Balaban J connectivity index is 3.18. The van der Waals surface area contributed by atoms with Crippen molar-refractivity contribution in [3.8, 4) is 0 Å². The van der Waals surface area contributed by atoms with E-state index in [-0.39, 0.29) is 17.4 Å². The van der Waals surface area contributed by atoms with Crippen molar-refractivity contribution in [1.82, 2.24) is 9.78 Å². The van der Waals surface area contributed by atoms with Crippen molar-refractivity contribution in [2.24, 2.45) is 10.7 Å². The molecule has 0 aliphatic carbocycles. The van der Waals surface area contributed by atoms with E-state index in [1.807, 2.05) is 0 Å². The molecule has 7 nitrogen and oxygen atoms in total. The van der Waals surface area contributed by atoms with Gasteiger partial charge in [0.1, 0.15) is 17.3 Å². The predicted octanol–water partition coefficient (Wildman–Crippen LogP) is 1.87. The minimum absolute atomic E-state index is 0.00265. The molecule has 1 heterocycles. The van der Waals surface area contributed by atoms with E-state index in [0.29, 0.717) is 11.3 Å². The summed E-state index contributed by atoms with van der Waals surface area (Å²) < 4.78 is 6.56. The number of nitrogens with two attached hydrogens (primary N) is 1. The number of rotatable bonds is 5. The number of carbonyl (C=O) groups is 2. The monoisotopic (exact) mass is 326 g/mol. The lowest BCUT2D eigenvalue weighted by Gasteiger charge is -2.19. The molecule has 22 heavy (non-hydrogen) atoms. The molecule has 1 rings (SSSR count). The highest BCUT2D eigenvalue weighted by atomic mass is 35.5. The lowest BCUT2D eigenvalue weighted by Crippen LogP contribution is -2.27. The van der Waals surface area contributed by atoms with Gasteiger partial charge >= 0.3 is 5.97 Å². The second-order valence-electron chi connectivity index (χ2n) is 5.58. The van der Waals surface area contributed by atoms with Gasteiger partial charge in [0.2, 0.25) is 0 Å². The van der Waals surface area contributed by atoms with Gasteiger partial charge in [-0.25, -0.2) is 0 Å². The molecule has 0 atom stereocenters. The number of halogens is 1. The Morgan fingerprint density at radius 1 is 1.50 bits per heavy atom. The van der Waals surface area contributed by atoms with Crippen molar-refractivity contribution in [1.29, 1.82) is 0 Å². The first-order valence-corrected chi connectivity index (χ1v) is 6.86. The molecule has 0 fully saturated rings. The zero-order chi connectivity index (χ0) is 17.1. The van der Waals surface area contributed by atoms with E-state index in [0.717, 1.165) is 0 Å². The smallest absolute Gasteiger partial charge is 0.328 e. The molecule has 0 radical (unpaired) electrons. The van der Waals surface area contributed by atoms with E-state index < -0.39 is 17.5 Å². The minimum atomic E-state index is -0.731. The van der Waals surface area contributed by atoms with Crippen LogP contribution in [-0.2, 0) is 16.1 Å². The second kappa shape index (κ2) is 6.74. The maximum Gasteiger partial charge on any atom is 0.328 e. The maximum absolute atomic E-state index is 11.9. The van der Waals surface area contributed by atoms with Crippen LogP contribution in [0.2, 0.25) is 0 Å². The Labute approximate surface area is 133 Å². The molecule has 0 bridgehead atoms. The van der Waals surface area contributed by atoms with Crippen molar-refractivity contribution in [2.75, 3.05) is 0 Å². The van der Waals surface area contributed by atoms with Crippen LogP contribution >= 0.6 is 11.6 Å². The quantitative estimate of drug-likeness (QED) is 0.507. The summed E-state index contributed by atoms with van der Waals surface area (Å²) in [6.07, 6.45) is 1.42. The van der Waals surface area contributed by atoms with Gasteiger partial charge < -0.3 is 10.5 Å². The molecule has 120 valence electrons. The van der Waals surface area contributed by atoms with Crippen LogP contribution in [0.25, 0.3) is 6.08 Å². The normalized spacial score (nSPS) is 12.1. The third kappa shape index (κ3) is 4.70. The number of carbonyl (C=O) groups excluding carboxylic acids is 2. The predicted molar refractivity (Wildman–Crippen MR) is 84.7 cm³/mol. The highest BCUT2D eigenvalue weighted by molar-refractivity contribution is 6.31.